The lowest BCUT2D eigenvalue weighted by atomic mass is 10.1. The Morgan fingerprint density at radius 1 is 0.487 bits per heavy atom. The number of ether oxygens (including phenoxy) is 6. The van der Waals surface area contributed by atoms with Gasteiger partial charge in [-0.25, -0.2) is 9.79 Å². The standard InChI is InChI=1S/C54H57N5O7.C20H33NO5.C16H13N3O2/c1-5-18-63-20-21-64-19-17-57(16-10-11-37(4)60)42-25-38(33-65-51-29-47-45(22-35(51)2)53(61)58-43(31-55-47)27-40-12-6-8-14-49(40)58)24-39(26-42)34-66-52-30-48-46(23-36(52)3)54(62)59-44(32-56-48)28-41-13-7-9-15-50(41)59;1-3-8-25-10-11-26-9-7-21(6-4-5-17(2)24)20-13-18(15-22)12-19(14-20)16-23;1-10-9-18-15(7-14(10)20)17-8-12-6-11-4-2-3-5-13(11)19(12)16(18)21/h6-9,12-15,22-26,29-32,43-44H,5,10-11,16-21,27-28,33-34H2,1-4H3;12-14,22-23H,3-11,15-16H2,1-2H3;2-5,7-9,12H,6H2,1H3/p+1/t43-,44-;;12-/m0.0/s1. The van der Waals surface area contributed by atoms with Gasteiger partial charge in [0.05, 0.1) is 111 Å². The van der Waals surface area contributed by atoms with Gasteiger partial charge in [-0.2, -0.15) is 0 Å². The molecular weight excluding hydrogens is 1430 g/mol. The second-order valence-corrected chi connectivity index (χ2v) is 29.4. The van der Waals surface area contributed by atoms with E-state index in [2.05, 4.69) is 59.0 Å². The molecule has 0 fully saturated rings. The number of amides is 3. The van der Waals surface area contributed by atoms with Crippen LogP contribution in [0.15, 0.2) is 161 Å². The summed E-state index contributed by atoms with van der Waals surface area (Å²) in [6.45, 7) is 20.6. The normalized spacial score (nSPS) is 15.7. The van der Waals surface area contributed by atoms with E-state index in [0.29, 0.717) is 131 Å². The zero-order chi connectivity index (χ0) is 79.5. The minimum absolute atomic E-state index is 0.0368. The van der Waals surface area contributed by atoms with Crippen LogP contribution in [0.4, 0.5) is 50.4 Å². The number of aliphatic imine (C=N–C) groups is 2. The van der Waals surface area contributed by atoms with Crippen LogP contribution in [-0.2, 0) is 74.2 Å². The first kappa shape index (κ1) is 81.7. The molecule has 3 N–H and O–H groups in total. The monoisotopic (exact) mass is 1530 g/mol. The van der Waals surface area contributed by atoms with Crippen LogP contribution >= 0.6 is 0 Å². The smallest absolute Gasteiger partial charge is 0.421 e. The number of hydrogen-bond donors (Lipinski definition) is 3. The Morgan fingerprint density at radius 3 is 1.35 bits per heavy atom. The minimum atomic E-state index is -0.144. The fraction of sp³-hybridized carbons (Fsp3) is 0.389. The van der Waals surface area contributed by atoms with E-state index in [0.717, 1.165) is 130 Å². The molecule has 14 rings (SSSR count). The van der Waals surface area contributed by atoms with Crippen molar-refractivity contribution in [2.45, 2.75) is 151 Å². The van der Waals surface area contributed by atoms with Crippen LogP contribution in [-0.4, -0.2) is 160 Å². The molecule has 592 valence electrons. The molecule has 113 heavy (non-hydrogen) atoms. The molecule has 3 atom stereocenters. The Morgan fingerprint density at radius 2 is 0.903 bits per heavy atom. The number of nitrogens with one attached hydrogen (secondary N) is 1. The summed E-state index contributed by atoms with van der Waals surface area (Å²) in [6, 6.07) is 44.5. The first-order valence-electron chi connectivity index (χ1n) is 39.4. The highest BCUT2D eigenvalue weighted by Gasteiger charge is 2.41. The van der Waals surface area contributed by atoms with E-state index in [4.69, 9.17) is 38.4 Å². The summed E-state index contributed by atoms with van der Waals surface area (Å²) in [4.78, 5) is 98.6. The summed E-state index contributed by atoms with van der Waals surface area (Å²) in [5.74, 6) is 1.98. The summed E-state index contributed by atoms with van der Waals surface area (Å²) in [6.07, 6.45) is 13.9. The number of anilines is 5. The first-order valence-corrected chi connectivity index (χ1v) is 39.4. The van der Waals surface area contributed by atoms with Crippen molar-refractivity contribution in [1.29, 1.82) is 0 Å². The zero-order valence-corrected chi connectivity index (χ0v) is 65.9. The van der Waals surface area contributed by atoms with E-state index in [1.165, 1.54) is 10.6 Å². The largest absolute Gasteiger partial charge is 0.489 e. The van der Waals surface area contributed by atoms with Gasteiger partial charge >= 0.3 is 6.03 Å². The number of fused-ring (bicyclic) bond motifs is 12. The number of carbonyl (C=O) groups is 5. The van der Waals surface area contributed by atoms with E-state index in [-0.39, 0.29) is 79.4 Å². The molecule has 0 aliphatic carbocycles. The number of rotatable bonds is 34. The number of aryl methyl sites for hydroxylation is 3. The number of carbonyl (C=O) groups excluding carboxylic acids is 5. The quantitative estimate of drug-likeness (QED) is 0.0317. The van der Waals surface area contributed by atoms with Gasteiger partial charge in [0, 0.05) is 124 Å². The third-order valence-electron chi connectivity index (χ3n) is 20.7. The molecule has 7 heterocycles. The molecule has 0 bridgehead atoms. The van der Waals surface area contributed by atoms with Gasteiger partial charge in [0.1, 0.15) is 42.5 Å². The number of hydrogen-bond acceptors (Lipinski definition) is 18. The van der Waals surface area contributed by atoms with Gasteiger partial charge in [-0.1, -0.05) is 74.5 Å². The number of aliphatic hydroxyl groups excluding tert-OH is 2. The minimum Gasteiger partial charge on any atom is -0.489 e. The van der Waals surface area contributed by atoms with Gasteiger partial charge in [0.25, 0.3) is 17.6 Å². The highest BCUT2D eigenvalue weighted by atomic mass is 16.5. The average Bonchev–Trinajstić information content (AvgIpc) is 1.62. The third-order valence-corrected chi connectivity index (χ3v) is 20.7. The molecule has 1 aromatic heterocycles. The van der Waals surface area contributed by atoms with E-state index in [1.807, 2.05) is 139 Å². The molecule has 0 spiro atoms. The van der Waals surface area contributed by atoms with E-state index in [1.54, 1.807) is 37.9 Å². The Hall–Kier alpha value is -10.8. The predicted octanol–water partition coefficient (Wildman–Crippen LogP) is 12.3. The lowest BCUT2D eigenvalue weighted by molar-refractivity contribution is -0.355. The highest BCUT2D eigenvalue weighted by Crippen LogP contribution is 2.42. The average molecular weight is 1540 g/mol. The molecule has 6 aliphatic rings. The van der Waals surface area contributed by atoms with Crippen LogP contribution in [0.5, 0.6) is 11.5 Å². The molecule has 23 heteroatoms. The van der Waals surface area contributed by atoms with Crippen molar-refractivity contribution in [3.63, 3.8) is 0 Å². The maximum atomic E-state index is 14.0. The first-order chi connectivity index (χ1) is 54.9. The maximum absolute atomic E-state index is 14.0. The van der Waals surface area contributed by atoms with Gasteiger partial charge in [-0.3, -0.25) is 39.1 Å². The van der Waals surface area contributed by atoms with Crippen molar-refractivity contribution in [2.24, 2.45) is 9.98 Å². The van der Waals surface area contributed by atoms with E-state index >= 15 is 0 Å². The van der Waals surface area contributed by atoms with Gasteiger partial charge in [-0.15, -0.1) is 4.57 Å². The number of pyridine rings is 1. The highest BCUT2D eigenvalue weighted by molar-refractivity contribution is 6.16. The Kier molecular flexibility index (Phi) is 28.3. The van der Waals surface area contributed by atoms with Crippen LogP contribution in [0, 0.1) is 20.8 Å². The molecule has 6 aliphatic heterocycles. The van der Waals surface area contributed by atoms with Crippen molar-refractivity contribution in [1.82, 2.24) is 4.57 Å². The molecule has 3 amide bonds. The number of para-hydroxylation sites is 3. The van der Waals surface area contributed by atoms with Crippen molar-refractivity contribution in [2.75, 3.05) is 104 Å². The molecular formula is C90H104N9O14+. The Labute approximate surface area is 661 Å². The van der Waals surface area contributed by atoms with E-state index < -0.39 is 0 Å². The SMILES string of the molecule is CCCOCCOCCN(CCCC(C)=O)c1cc(CO)cc(CO)c1.CCCOCCOCCN(CCCC(C)=O)c1cc(COc2cc3c(cc2C)C(=O)N2c4ccccc4C[C@H]2C=N3)cc(COc2cc3c(cc2C)C(=O)N2c4ccccc4C[C@H]2C=N3)c1.Cc1cn2c(cc1=O)[NH+]=C[C@@H]1Cc3ccccc3N1C2=O. The number of aromatic nitrogens is 1. The topological polar surface area (TPSA) is 258 Å². The van der Waals surface area contributed by atoms with Crippen LogP contribution in [0.1, 0.15) is 143 Å². The second-order valence-electron chi connectivity index (χ2n) is 29.4. The fourth-order valence-electron chi connectivity index (χ4n) is 15.0. The van der Waals surface area contributed by atoms with Gasteiger partial charge in [0.15, 0.2) is 5.43 Å². The number of ketones is 2. The number of benzene rings is 7. The molecule has 8 aromatic rings. The van der Waals surface area contributed by atoms with Crippen LogP contribution in [0.25, 0.3) is 0 Å². The molecule has 23 nitrogen and oxygen atoms in total. The summed E-state index contributed by atoms with van der Waals surface area (Å²) in [7, 11) is 0. The molecule has 0 saturated carbocycles. The fourth-order valence-corrected chi connectivity index (χ4v) is 15.0. The molecule has 0 radical (unpaired) electrons. The number of nitrogens with zero attached hydrogens (tertiary/aromatic N) is 8. The third kappa shape index (κ3) is 20.4. The number of Topliss-reactive ketones (excluding diaryl/α,β-unsaturated/α-hetero) is 2. The molecule has 7 aromatic carbocycles. The summed E-state index contributed by atoms with van der Waals surface area (Å²) < 4.78 is 37.4. The molecule has 0 saturated heterocycles. The number of aliphatic hydroxyl groups is 2. The van der Waals surface area contributed by atoms with Crippen LogP contribution in [0.2, 0.25) is 0 Å². The van der Waals surface area contributed by atoms with Gasteiger partial charge in [0.2, 0.25) is 0 Å². The van der Waals surface area contributed by atoms with Crippen molar-refractivity contribution < 1.29 is 67.6 Å². The second kappa shape index (κ2) is 39.1. The van der Waals surface area contributed by atoms with Crippen molar-refractivity contribution in [3.8, 4) is 11.5 Å². The summed E-state index contributed by atoms with van der Waals surface area (Å²) in [5.41, 5.74) is 15.9. The van der Waals surface area contributed by atoms with Gasteiger partial charge in [-0.05, 0) is 171 Å². The summed E-state index contributed by atoms with van der Waals surface area (Å²) in [5, 5.41) is 18.9. The summed E-state index contributed by atoms with van der Waals surface area (Å²) >= 11 is 0. The lowest BCUT2D eigenvalue weighted by Crippen LogP contribution is -2.65. The van der Waals surface area contributed by atoms with E-state index in [9.17, 15) is 39.0 Å². The Balaban J connectivity index is 0.000000204. The van der Waals surface area contributed by atoms with Gasteiger partial charge < -0.3 is 58.0 Å². The van der Waals surface area contributed by atoms with Crippen LogP contribution in [0.3, 0.4) is 0 Å². The van der Waals surface area contributed by atoms with Crippen molar-refractivity contribution >= 4 is 93.7 Å². The zero-order valence-electron chi connectivity index (χ0n) is 65.9. The van der Waals surface area contributed by atoms with Crippen LogP contribution < -0.4 is 44.4 Å². The lowest BCUT2D eigenvalue weighted by Gasteiger charge is -2.26. The predicted molar refractivity (Wildman–Crippen MR) is 441 cm³/mol. The molecule has 0 unspecified atom stereocenters. The Bertz CT molecular complexity index is 4720. The maximum Gasteiger partial charge on any atom is 0.421 e. The van der Waals surface area contributed by atoms with Crippen molar-refractivity contribution in [3.05, 3.63) is 223 Å².